The van der Waals surface area contributed by atoms with Crippen molar-refractivity contribution in [2.45, 2.75) is 44.8 Å². The molecule has 2 N–H and O–H groups in total. The van der Waals surface area contributed by atoms with E-state index in [-0.39, 0.29) is 18.6 Å². The Labute approximate surface area is 173 Å². The molecule has 1 aliphatic heterocycles. The zero-order chi connectivity index (χ0) is 20.6. The molecule has 1 atom stereocenters. The van der Waals surface area contributed by atoms with Crippen molar-refractivity contribution in [3.8, 4) is 5.75 Å². The van der Waals surface area contributed by atoms with Crippen LogP contribution in [0.15, 0.2) is 54.6 Å². The lowest BCUT2D eigenvalue weighted by Gasteiger charge is -2.33. The van der Waals surface area contributed by atoms with Crippen LogP contribution in [0.1, 0.15) is 48.5 Å². The number of carbonyl (C=O) groups is 1. The Morgan fingerprint density at radius 2 is 1.76 bits per heavy atom. The number of amides is 1. The van der Waals surface area contributed by atoms with Gasteiger partial charge in [0.15, 0.2) is 0 Å². The average Bonchev–Trinajstić information content (AvgIpc) is 2.74. The molecular formula is C24H32N2O3. The van der Waals surface area contributed by atoms with Gasteiger partial charge in [-0.2, -0.15) is 0 Å². The molecule has 0 aliphatic carbocycles. The summed E-state index contributed by atoms with van der Waals surface area (Å²) in [6.45, 7) is 6.87. The first-order valence-corrected chi connectivity index (χ1v) is 10.5. The monoisotopic (exact) mass is 396 g/mol. The fourth-order valence-electron chi connectivity index (χ4n) is 3.74. The van der Waals surface area contributed by atoms with E-state index in [1.54, 1.807) is 0 Å². The summed E-state index contributed by atoms with van der Waals surface area (Å²) in [6, 6.07) is 17.5. The van der Waals surface area contributed by atoms with E-state index in [0.29, 0.717) is 18.0 Å². The number of nitrogens with zero attached hydrogens (tertiary/aromatic N) is 1. The third kappa shape index (κ3) is 6.31. The molecule has 1 amide bonds. The summed E-state index contributed by atoms with van der Waals surface area (Å²) < 4.78 is 5.89. The quantitative estimate of drug-likeness (QED) is 0.718. The molecule has 1 unspecified atom stereocenters. The Morgan fingerprint density at radius 1 is 1.10 bits per heavy atom. The highest BCUT2D eigenvalue weighted by Crippen LogP contribution is 2.26. The van der Waals surface area contributed by atoms with Gasteiger partial charge >= 0.3 is 0 Å². The third-order valence-electron chi connectivity index (χ3n) is 5.40. The zero-order valence-corrected chi connectivity index (χ0v) is 17.4. The maximum Gasteiger partial charge on any atom is 0.251 e. The van der Waals surface area contributed by atoms with Crippen molar-refractivity contribution in [1.29, 1.82) is 0 Å². The zero-order valence-electron chi connectivity index (χ0n) is 17.4. The number of piperidine rings is 1. The van der Waals surface area contributed by atoms with Crippen molar-refractivity contribution in [1.82, 2.24) is 10.2 Å². The number of hydrogen-bond donors (Lipinski definition) is 2. The van der Waals surface area contributed by atoms with Crippen LogP contribution in [0, 0.1) is 0 Å². The van der Waals surface area contributed by atoms with Gasteiger partial charge in [-0.15, -0.1) is 0 Å². The Kier molecular flexibility index (Phi) is 7.67. The minimum Gasteiger partial charge on any atom is -0.491 e. The molecular weight excluding hydrogens is 364 g/mol. The highest BCUT2D eigenvalue weighted by Gasteiger charge is 2.23. The van der Waals surface area contributed by atoms with Crippen molar-refractivity contribution >= 4 is 5.91 Å². The summed E-state index contributed by atoms with van der Waals surface area (Å²) in [7, 11) is 0. The summed E-state index contributed by atoms with van der Waals surface area (Å²) >= 11 is 0. The standard InChI is InChI=1S/C24H32N2O3/c1-18(2)22-10-6-7-11-23(22)29-17-21(27)16-26-14-12-20(13-15-26)25-24(28)19-8-4-3-5-9-19/h3-11,18,20-21,27H,12-17H2,1-2H3,(H,25,28). The second-order valence-corrected chi connectivity index (χ2v) is 8.07. The lowest BCUT2D eigenvalue weighted by molar-refractivity contribution is 0.0564. The smallest absolute Gasteiger partial charge is 0.251 e. The maximum atomic E-state index is 12.3. The third-order valence-corrected chi connectivity index (χ3v) is 5.40. The highest BCUT2D eigenvalue weighted by atomic mass is 16.5. The average molecular weight is 397 g/mol. The molecule has 1 saturated heterocycles. The molecule has 0 radical (unpaired) electrons. The van der Waals surface area contributed by atoms with Crippen LogP contribution in [-0.2, 0) is 0 Å². The maximum absolute atomic E-state index is 12.3. The minimum atomic E-state index is -0.536. The number of carbonyl (C=O) groups excluding carboxylic acids is 1. The molecule has 0 aromatic heterocycles. The summed E-state index contributed by atoms with van der Waals surface area (Å²) in [5.74, 6) is 1.22. The Morgan fingerprint density at radius 3 is 2.45 bits per heavy atom. The molecule has 2 aromatic carbocycles. The molecule has 1 fully saturated rings. The predicted molar refractivity (Wildman–Crippen MR) is 115 cm³/mol. The number of hydrogen-bond acceptors (Lipinski definition) is 4. The number of rotatable bonds is 8. The first-order valence-electron chi connectivity index (χ1n) is 10.5. The molecule has 0 saturated carbocycles. The molecule has 2 aromatic rings. The molecule has 0 spiro atoms. The summed E-state index contributed by atoms with van der Waals surface area (Å²) in [5.41, 5.74) is 1.86. The first kappa shape index (κ1) is 21.3. The van der Waals surface area contributed by atoms with Gasteiger partial charge in [-0.3, -0.25) is 4.79 Å². The van der Waals surface area contributed by atoms with Gasteiger partial charge < -0.3 is 20.1 Å². The van der Waals surface area contributed by atoms with Crippen LogP contribution >= 0.6 is 0 Å². The molecule has 3 rings (SSSR count). The van der Waals surface area contributed by atoms with Crippen LogP contribution in [0.3, 0.4) is 0 Å². The molecule has 1 aliphatic rings. The van der Waals surface area contributed by atoms with Crippen molar-refractivity contribution in [3.63, 3.8) is 0 Å². The number of aliphatic hydroxyl groups is 1. The summed E-state index contributed by atoms with van der Waals surface area (Å²) in [4.78, 5) is 14.5. The van der Waals surface area contributed by atoms with Gasteiger partial charge in [0.1, 0.15) is 18.5 Å². The first-order chi connectivity index (χ1) is 14.0. The van der Waals surface area contributed by atoms with Gasteiger partial charge in [0.2, 0.25) is 0 Å². The van der Waals surface area contributed by atoms with E-state index in [1.807, 2.05) is 48.5 Å². The second-order valence-electron chi connectivity index (χ2n) is 8.07. The number of likely N-dealkylation sites (tertiary alicyclic amines) is 1. The van der Waals surface area contributed by atoms with Gasteiger partial charge in [-0.05, 0) is 42.5 Å². The minimum absolute atomic E-state index is 0.0127. The normalized spacial score (nSPS) is 16.6. The van der Waals surface area contributed by atoms with Crippen LogP contribution in [0.25, 0.3) is 0 Å². The Bertz CT molecular complexity index is 771. The van der Waals surface area contributed by atoms with Crippen LogP contribution in [0.4, 0.5) is 0 Å². The van der Waals surface area contributed by atoms with Gasteiger partial charge in [-0.1, -0.05) is 50.2 Å². The Balaban J connectivity index is 1.40. The molecule has 5 nitrogen and oxygen atoms in total. The number of nitrogens with one attached hydrogen (secondary N) is 1. The van der Waals surface area contributed by atoms with Crippen molar-refractivity contribution in [2.24, 2.45) is 0 Å². The lowest BCUT2D eigenvalue weighted by atomic mass is 10.0. The number of ether oxygens (including phenoxy) is 1. The topological polar surface area (TPSA) is 61.8 Å². The summed E-state index contributed by atoms with van der Waals surface area (Å²) in [5, 5.41) is 13.5. The van der Waals surface area contributed by atoms with E-state index in [9.17, 15) is 9.90 Å². The largest absolute Gasteiger partial charge is 0.491 e. The molecule has 5 heteroatoms. The summed E-state index contributed by atoms with van der Waals surface area (Å²) in [6.07, 6.45) is 1.25. The van der Waals surface area contributed by atoms with E-state index in [4.69, 9.17) is 4.74 Å². The van der Waals surface area contributed by atoms with Crippen molar-refractivity contribution < 1.29 is 14.6 Å². The molecule has 29 heavy (non-hydrogen) atoms. The molecule has 156 valence electrons. The fourth-order valence-corrected chi connectivity index (χ4v) is 3.74. The van der Waals surface area contributed by atoms with Gasteiger partial charge in [0.25, 0.3) is 5.91 Å². The van der Waals surface area contributed by atoms with Crippen LogP contribution in [0.2, 0.25) is 0 Å². The van der Waals surface area contributed by atoms with Crippen molar-refractivity contribution in [3.05, 3.63) is 65.7 Å². The van der Waals surface area contributed by atoms with E-state index in [2.05, 4.69) is 30.1 Å². The van der Waals surface area contributed by atoms with Crippen LogP contribution < -0.4 is 10.1 Å². The fraction of sp³-hybridized carbons (Fsp3) is 0.458. The van der Waals surface area contributed by atoms with Crippen molar-refractivity contribution in [2.75, 3.05) is 26.2 Å². The molecule has 1 heterocycles. The number of β-amino-alcohol motifs (C(OH)–C–C–N with tert-alkyl or cyclic N) is 1. The second kappa shape index (κ2) is 10.4. The number of para-hydroxylation sites is 1. The highest BCUT2D eigenvalue weighted by molar-refractivity contribution is 5.94. The van der Waals surface area contributed by atoms with E-state index in [0.717, 1.165) is 37.2 Å². The van der Waals surface area contributed by atoms with Gasteiger partial charge in [0, 0.05) is 31.2 Å². The van der Waals surface area contributed by atoms with E-state index in [1.165, 1.54) is 0 Å². The van der Waals surface area contributed by atoms with Gasteiger partial charge in [0.05, 0.1) is 0 Å². The number of aliphatic hydroxyl groups excluding tert-OH is 1. The predicted octanol–water partition coefficient (Wildman–Crippen LogP) is 3.44. The van der Waals surface area contributed by atoms with Crippen LogP contribution in [0.5, 0.6) is 5.75 Å². The van der Waals surface area contributed by atoms with Gasteiger partial charge in [-0.25, -0.2) is 0 Å². The van der Waals surface area contributed by atoms with E-state index >= 15 is 0 Å². The SMILES string of the molecule is CC(C)c1ccccc1OCC(O)CN1CCC(NC(=O)c2ccccc2)CC1. The number of benzene rings is 2. The lowest BCUT2D eigenvalue weighted by Crippen LogP contribution is -2.47. The Hall–Kier alpha value is -2.37. The van der Waals surface area contributed by atoms with Crippen LogP contribution in [-0.4, -0.2) is 54.3 Å². The van der Waals surface area contributed by atoms with E-state index < -0.39 is 6.10 Å². The molecule has 0 bridgehead atoms.